The first-order valence-electron chi connectivity index (χ1n) is 7.42. The van der Waals surface area contributed by atoms with Gasteiger partial charge < -0.3 is 10.2 Å². The molecule has 2 aliphatic rings. The van der Waals surface area contributed by atoms with Gasteiger partial charge in [-0.1, -0.05) is 6.92 Å². The summed E-state index contributed by atoms with van der Waals surface area (Å²) in [7, 11) is 1.98. The fourth-order valence-electron chi connectivity index (χ4n) is 3.30. The Morgan fingerprint density at radius 2 is 2.05 bits per heavy atom. The Morgan fingerprint density at radius 1 is 1.30 bits per heavy atom. The summed E-state index contributed by atoms with van der Waals surface area (Å²) in [5, 5.41) is 3.33. The summed E-state index contributed by atoms with van der Waals surface area (Å²) in [6, 6.07) is 0.584. The largest absolute Gasteiger partial charge is 0.344 e. The number of carbonyl (C=O) groups is 1. The molecule has 2 saturated heterocycles. The maximum Gasteiger partial charge on any atom is 0.226 e. The van der Waals surface area contributed by atoms with E-state index >= 15 is 0 Å². The van der Waals surface area contributed by atoms with Crippen LogP contribution >= 0.6 is 24.8 Å². The van der Waals surface area contributed by atoms with Crippen molar-refractivity contribution in [3.05, 3.63) is 0 Å². The van der Waals surface area contributed by atoms with Crippen molar-refractivity contribution in [1.82, 2.24) is 15.1 Å². The number of piperidine rings is 1. The third-order valence-electron chi connectivity index (χ3n) is 4.41. The van der Waals surface area contributed by atoms with Crippen molar-refractivity contribution in [3.8, 4) is 0 Å². The van der Waals surface area contributed by atoms with Crippen LogP contribution in [0.4, 0.5) is 0 Å². The van der Waals surface area contributed by atoms with E-state index in [1.807, 2.05) is 11.9 Å². The highest BCUT2D eigenvalue weighted by Gasteiger charge is 2.28. The quantitative estimate of drug-likeness (QED) is 0.855. The van der Waals surface area contributed by atoms with Crippen LogP contribution in [0.3, 0.4) is 0 Å². The Morgan fingerprint density at radius 3 is 2.65 bits per heavy atom. The number of carbonyl (C=O) groups excluding carboxylic acids is 1. The molecule has 0 saturated carbocycles. The highest BCUT2D eigenvalue weighted by molar-refractivity contribution is 5.85. The summed E-state index contributed by atoms with van der Waals surface area (Å²) >= 11 is 0. The van der Waals surface area contributed by atoms with Gasteiger partial charge in [0, 0.05) is 26.2 Å². The van der Waals surface area contributed by atoms with Crippen LogP contribution in [0.15, 0.2) is 0 Å². The van der Waals surface area contributed by atoms with E-state index in [4.69, 9.17) is 0 Å². The van der Waals surface area contributed by atoms with E-state index < -0.39 is 0 Å². The summed E-state index contributed by atoms with van der Waals surface area (Å²) < 4.78 is 0. The zero-order chi connectivity index (χ0) is 13.0. The SMILES string of the molecule is CCN1CCCC1CN(C)C(=O)C1CCCNC1.Cl.Cl. The number of amides is 1. The van der Waals surface area contributed by atoms with Crippen LogP contribution in [-0.2, 0) is 4.79 Å². The van der Waals surface area contributed by atoms with Crippen LogP contribution in [0.2, 0.25) is 0 Å². The van der Waals surface area contributed by atoms with Gasteiger partial charge in [-0.2, -0.15) is 0 Å². The number of rotatable bonds is 4. The predicted octanol–water partition coefficient (Wildman–Crippen LogP) is 1.77. The number of likely N-dealkylation sites (tertiary alicyclic amines) is 1. The average Bonchev–Trinajstić information content (AvgIpc) is 2.86. The van der Waals surface area contributed by atoms with Gasteiger partial charge in [-0.3, -0.25) is 9.69 Å². The second kappa shape index (κ2) is 9.82. The molecule has 0 bridgehead atoms. The van der Waals surface area contributed by atoms with Crippen molar-refractivity contribution < 1.29 is 4.79 Å². The lowest BCUT2D eigenvalue weighted by Gasteiger charge is -2.31. The first kappa shape index (κ1) is 20.0. The molecular weight excluding hydrogens is 297 g/mol. The summed E-state index contributed by atoms with van der Waals surface area (Å²) in [6.45, 7) is 7.37. The lowest BCUT2D eigenvalue weighted by molar-refractivity contribution is -0.135. The number of hydrogen-bond donors (Lipinski definition) is 1. The van der Waals surface area contributed by atoms with Gasteiger partial charge in [-0.15, -0.1) is 24.8 Å². The summed E-state index contributed by atoms with van der Waals surface area (Å²) in [5.41, 5.74) is 0. The molecule has 2 atom stereocenters. The fraction of sp³-hybridized carbons (Fsp3) is 0.929. The molecule has 120 valence electrons. The van der Waals surface area contributed by atoms with E-state index in [9.17, 15) is 4.79 Å². The van der Waals surface area contributed by atoms with Crippen molar-refractivity contribution >= 4 is 30.7 Å². The molecular formula is C14H29Cl2N3O. The smallest absolute Gasteiger partial charge is 0.226 e. The number of hydrogen-bond acceptors (Lipinski definition) is 3. The normalized spacial score (nSPS) is 26.5. The molecule has 0 spiro atoms. The lowest BCUT2D eigenvalue weighted by Crippen LogP contribution is -2.46. The molecule has 20 heavy (non-hydrogen) atoms. The molecule has 2 unspecified atom stereocenters. The number of nitrogens with zero attached hydrogens (tertiary/aromatic N) is 2. The molecule has 0 aromatic heterocycles. The van der Waals surface area contributed by atoms with Crippen LogP contribution in [0.1, 0.15) is 32.6 Å². The monoisotopic (exact) mass is 325 g/mol. The summed E-state index contributed by atoms with van der Waals surface area (Å²) in [6.07, 6.45) is 4.72. The first-order chi connectivity index (χ1) is 8.72. The Bertz CT molecular complexity index is 286. The van der Waals surface area contributed by atoms with E-state index in [1.54, 1.807) is 0 Å². The van der Waals surface area contributed by atoms with Gasteiger partial charge in [-0.25, -0.2) is 0 Å². The number of likely N-dealkylation sites (N-methyl/N-ethyl adjacent to an activating group) is 2. The third-order valence-corrected chi connectivity index (χ3v) is 4.41. The molecule has 1 N–H and O–H groups in total. The molecule has 1 amide bonds. The maximum absolute atomic E-state index is 12.3. The van der Waals surface area contributed by atoms with E-state index in [2.05, 4.69) is 17.1 Å². The van der Waals surface area contributed by atoms with Crippen molar-refractivity contribution in [2.75, 3.05) is 39.8 Å². The van der Waals surface area contributed by atoms with Crippen LogP contribution in [0.5, 0.6) is 0 Å². The van der Waals surface area contributed by atoms with Gasteiger partial charge in [0.1, 0.15) is 0 Å². The maximum atomic E-state index is 12.3. The molecule has 2 fully saturated rings. The van der Waals surface area contributed by atoms with E-state index in [0.29, 0.717) is 11.9 Å². The molecule has 0 aromatic rings. The van der Waals surface area contributed by atoms with E-state index in [-0.39, 0.29) is 30.7 Å². The van der Waals surface area contributed by atoms with Gasteiger partial charge in [0.25, 0.3) is 0 Å². The highest BCUT2D eigenvalue weighted by Crippen LogP contribution is 2.19. The van der Waals surface area contributed by atoms with Crippen molar-refractivity contribution in [1.29, 1.82) is 0 Å². The van der Waals surface area contributed by atoms with Gasteiger partial charge in [-0.05, 0) is 45.3 Å². The highest BCUT2D eigenvalue weighted by atomic mass is 35.5. The average molecular weight is 326 g/mol. The summed E-state index contributed by atoms with van der Waals surface area (Å²) in [5.74, 6) is 0.547. The van der Waals surface area contributed by atoms with Crippen LogP contribution in [0.25, 0.3) is 0 Å². The van der Waals surface area contributed by atoms with Gasteiger partial charge in [0.05, 0.1) is 5.92 Å². The minimum absolute atomic E-state index is 0. The van der Waals surface area contributed by atoms with E-state index in [0.717, 1.165) is 39.0 Å². The second-order valence-electron chi connectivity index (χ2n) is 5.69. The van der Waals surface area contributed by atoms with Crippen molar-refractivity contribution in [3.63, 3.8) is 0 Å². The molecule has 2 rings (SSSR count). The van der Waals surface area contributed by atoms with E-state index in [1.165, 1.54) is 19.4 Å². The van der Waals surface area contributed by atoms with Crippen LogP contribution in [-0.4, -0.2) is 61.5 Å². The first-order valence-corrected chi connectivity index (χ1v) is 7.42. The lowest BCUT2D eigenvalue weighted by atomic mass is 9.98. The van der Waals surface area contributed by atoms with Gasteiger partial charge in [0.2, 0.25) is 5.91 Å². The van der Waals surface area contributed by atoms with Crippen molar-refractivity contribution in [2.45, 2.75) is 38.6 Å². The van der Waals surface area contributed by atoms with Crippen LogP contribution in [0, 0.1) is 5.92 Å². The Kier molecular flexibility index (Phi) is 9.81. The van der Waals surface area contributed by atoms with Gasteiger partial charge >= 0.3 is 0 Å². The van der Waals surface area contributed by atoms with Crippen molar-refractivity contribution in [2.24, 2.45) is 5.92 Å². The zero-order valence-electron chi connectivity index (χ0n) is 12.6. The standard InChI is InChI=1S/C14H27N3O.2ClH/c1-3-17-9-5-7-13(17)11-16(2)14(18)12-6-4-8-15-10-12;;/h12-13,15H,3-11H2,1-2H3;2*1H. The molecule has 0 radical (unpaired) electrons. The Hall–Kier alpha value is -0.0300. The topological polar surface area (TPSA) is 35.6 Å². The number of nitrogens with one attached hydrogen (secondary N) is 1. The second-order valence-corrected chi connectivity index (χ2v) is 5.69. The Labute approximate surface area is 135 Å². The molecule has 6 heteroatoms. The minimum atomic E-state index is 0. The molecule has 0 aromatic carbocycles. The third kappa shape index (κ3) is 5.06. The van der Waals surface area contributed by atoms with Crippen LogP contribution < -0.4 is 5.32 Å². The Balaban J connectivity index is 0.00000180. The molecule has 4 nitrogen and oxygen atoms in total. The fourth-order valence-corrected chi connectivity index (χ4v) is 3.30. The predicted molar refractivity (Wildman–Crippen MR) is 88.0 cm³/mol. The van der Waals surface area contributed by atoms with Gasteiger partial charge in [0.15, 0.2) is 0 Å². The molecule has 2 aliphatic heterocycles. The summed E-state index contributed by atoms with van der Waals surface area (Å²) in [4.78, 5) is 16.8. The molecule has 0 aliphatic carbocycles. The molecule has 2 heterocycles. The minimum Gasteiger partial charge on any atom is -0.344 e. The zero-order valence-corrected chi connectivity index (χ0v) is 14.3. The number of halogens is 2.